The Kier molecular flexibility index (Phi) is 5.46. The normalized spacial score (nSPS) is 20.8. The Balaban J connectivity index is 1.73. The van der Waals surface area contributed by atoms with Crippen LogP contribution in [-0.2, 0) is 6.54 Å². The van der Waals surface area contributed by atoms with Crippen LogP contribution in [0, 0.1) is 13.8 Å². The topological polar surface area (TPSA) is 70.3 Å². The second-order valence-electron chi connectivity index (χ2n) is 7.18. The highest BCUT2D eigenvalue weighted by atomic mass is 16.3. The molecule has 136 valence electrons. The summed E-state index contributed by atoms with van der Waals surface area (Å²) < 4.78 is 1.87. The van der Waals surface area contributed by atoms with Crippen molar-refractivity contribution < 1.29 is 5.11 Å². The molecule has 1 aliphatic heterocycles. The van der Waals surface area contributed by atoms with Crippen LogP contribution in [0.2, 0.25) is 0 Å². The standard InChI is InChI=1S/C18H28N6O/c1-13-6-5-7-14(2)18(13)24-17(19-20-21-24)12-22-8-9-23(11-16(4)25)15(3)10-22/h5-7,15-16,25H,8-12H2,1-4H3/t15-,16+/m0/s1. The number of hydrogen-bond donors (Lipinski definition) is 1. The Hall–Kier alpha value is -1.83. The van der Waals surface area contributed by atoms with Gasteiger partial charge in [-0.25, -0.2) is 0 Å². The molecule has 2 aromatic rings. The first-order valence-corrected chi connectivity index (χ1v) is 8.94. The summed E-state index contributed by atoms with van der Waals surface area (Å²) in [5.41, 5.74) is 3.41. The lowest BCUT2D eigenvalue weighted by Crippen LogP contribution is -2.53. The predicted molar refractivity (Wildman–Crippen MR) is 96.6 cm³/mol. The van der Waals surface area contributed by atoms with Crippen LogP contribution in [0.4, 0.5) is 0 Å². The number of aliphatic hydroxyl groups is 1. The van der Waals surface area contributed by atoms with Gasteiger partial charge in [-0.3, -0.25) is 9.80 Å². The summed E-state index contributed by atoms with van der Waals surface area (Å²) in [5, 5.41) is 22.0. The fourth-order valence-corrected chi connectivity index (χ4v) is 3.64. The molecule has 1 aromatic carbocycles. The van der Waals surface area contributed by atoms with Crippen molar-refractivity contribution in [2.24, 2.45) is 0 Å². The lowest BCUT2D eigenvalue weighted by Gasteiger charge is -2.40. The Labute approximate surface area is 149 Å². The summed E-state index contributed by atoms with van der Waals surface area (Å²) in [6.45, 7) is 12.6. The fraction of sp³-hybridized carbons (Fsp3) is 0.611. The molecule has 1 fully saturated rings. The smallest absolute Gasteiger partial charge is 0.170 e. The summed E-state index contributed by atoms with van der Waals surface area (Å²) in [5.74, 6) is 0.869. The molecule has 1 aliphatic rings. The van der Waals surface area contributed by atoms with Crippen LogP contribution >= 0.6 is 0 Å². The molecule has 1 saturated heterocycles. The quantitative estimate of drug-likeness (QED) is 0.878. The van der Waals surface area contributed by atoms with Crippen LogP contribution in [0.25, 0.3) is 5.69 Å². The molecule has 7 nitrogen and oxygen atoms in total. The van der Waals surface area contributed by atoms with Gasteiger partial charge in [0.25, 0.3) is 0 Å². The van der Waals surface area contributed by atoms with Gasteiger partial charge < -0.3 is 5.11 Å². The number of nitrogens with zero attached hydrogens (tertiary/aromatic N) is 6. The molecule has 0 aliphatic carbocycles. The Morgan fingerprint density at radius 1 is 1.24 bits per heavy atom. The van der Waals surface area contributed by atoms with Crippen molar-refractivity contribution in [1.29, 1.82) is 0 Å². The number of β-amino-alcohol motifs (C(OH)–C–C–N with tert-alkyl or cyclic N) is 1. The molecule has 2 heterocycles. The fourth-order valence-electron chi connectivity index (χ4n) is 3.64. The van der Waals surface area contributed by atoms with Crippen molar-refractivity contribution in [2.45, 2.75) is 46.4 Å². The first-order valence-electron chi connectivity index (χ1n) is 8.94. The zero-order chi connectivity index (χ0) is 18.0. The Morgan fingerprint density at radius 3 is 2.60 bits per heavy atom. The maximum Gasteiger partial charge on any atom is 0.170 e. The third-order valence-corrected chi connectivity index (χ3v) is 4.90. The minimum atomic E-state index is -0.287. The third kappa shape index (κ3) is 4.05. The van der Waals surface area contributed by atoms with E-state index >= 15 is 0 Å². The number of aliphatic hydroxyl groups excluding tert-OH is 1. The number of aromatic nitrogens is 4. The van der Waals surface area contributed by atoms with E-state index in [9.17, 15) is 5.11 Å². The molecule has 1 aromatic heterocycles. The second kappa shape index (κ2) is 7.59. The Morgan fingerprint density at radius 2 is 1.96 bits per heavy atom. The summed E-state index contributed by atoms with van der Waals surface area (Å²) in [4.78, 5) is 4.73. The van der Waals surface area contributed by atoms with Crippen molar-refractivity contribution in [1.82, 2.24) is 30.0 Å². The van der Waals surface area contributed by atoms with Crippen molar-refractivity contribution in [3.05, 3.63) is 35.2 Å². The van der Waals surface area contributed by atoms with Gasteiger partial charge in [0.15, 0.2) is 5.82 Å². The van der Waals surface area contributed by atoms with Gasteiger partial charge in [-0.15, -0.1) is 5.10 Å². The average molecular weight is 344 g/mol. The van der Waals surface area contributed by atoms with Crippen LogP contribution in [0.15, 0.2) is 18.2 Å². The first kappa shape index (κ1) is 18.0. The zero-order valence-corrected chi connectivity index (χ0v) is 15.6. The van der Waals surface area contributed by atoms with E-state index in [1.54, 1.807) is 0 Å². The largest absolute Gasteiger partial charge is 0.392 e. The highest BCUT2D eigenvalue weighted by molar-refractivity contribution is 5.46. The molecule has 0 saturated carbocycles. The van der Waals surface area contributed by atoms with E-state index in [4.69, 9.17) is 0 Å². The summed E-state index contributed by atoms with van der Waals surface area (Å²) in [6, 6.07) is 6.64. The number of benzene rings is 1. The molecule has 0 amide bonds. The predicted octanol–water partition coefficient (Wildman–Crippen LogP) is 1.17. The summed E-state index contributed by atoms with van der Waals surface area (Å²) in [7, 11) is 0. The lowest BCUT2D eigenvalue weighted by atomic mass is 10.1. The number of tetrazole rings is 1. The van der Waals surface area contributed by atoms with Crippen molar-refractivity contribution in [3.8, 4) is 5.69 Å². The molecule has 0 bridgehead atoms. The Bertz CT molecular complexity index is 693. The number of para-hydroxylation sites is 1. The van der Waals surface area contributed by atoms with E-state index in [0.29, 0.717) is 6.04 Å². The highest BCUT2D eigenvalue weighted by Crippen LogP contribution is 2.20. The van der Waals surface area contributed by atoms with E-state index in [2.05, 4.69) is 64.3 Å². The number of rotatable bonds is 5. The van der Waals surface area contributed by atoms with Crippen molar-refractivity contribution in [2.75, 3.05) is 26.2 Å². The molecular weight excluding hydrogens is 316 g/mol. The van der Waals surface area contributed by atoms with Gasteiger partial charge in [-0.05, 0) is 49.2 Å². The molecule has 0 spiro atoms. The van der Waals surface area contributed by atoms with Crippen molar-refractivity contribution in [3.63, 3.8) is 0 Å². The van der Waals surface area contributed by atoms with Gasteiger partial charge in [-0.2, -0.15) is 4.68 Å². The monoisotopic (exact) mass is 344 g/mol. The molecule has 0 radical (unpaired) electrons. The van der Waals surface area contributed by atoms with Crippen molar-refractivity contribution >= 4 is 0 Å². The van der Waals surface area contributed by atoms with Crippen LogP contribution in [0.3, 0.4) is 0 Å². The van der Waals surface area contributed by atoms with Crippen LogP contribution in [-0.4, -0.2) is 73.4 Å². The average Bonchev–Trinajstić information content (AvgIpc) is 2.97. The SMILES string of the molecule is Cc1cccc(C)c1-n1nnnc1CN1CCN(C[C@@H](C)O)[C@@H](C)C1. The second-order valence-corrected chi connectivity index (χ2v) is 7.18. The number of hydrogen-bond acceptors (Lipinski definition) is 6. The first-order chi connectivity index (χ1) is 12.0. The van der Waals surface area contributed by atoms with Gasteiger partial charge in [0.2, 0.25) is 0 Å². The maximum absolute atomic E-state index is 9.62. The minimum absolute atomic E-state index is 0.287. The van der Waals surface area contributed by atoms with E-state index in [1.807, 2.05) is 11.6 Å². The molecule has 7 heteroatoms. The maximum atomic E-state index is 9.62. The van der Waals surface area contributed by atoms with E-state index in [1.165, 1.54) is 11.1 Å². The number of aryl methyl sites for hydroxylation is 2. The van der Waals surface area contributed by atoms with Crippen LogP contribution in [0.1, 0.15) is 30.8 Å². The highest BCUT2D eigenvalue weighted by Gasteiger charge is 2.26. The van der Waals surface area contributed by atoms with Crippen LogP contribution < -0.4 is 0 Å². The molecule has 2 atom stereocenters. The van der Waals surface area contributed by atoms with Gasteiger partial charge in [0.1, 0.15) is 0 Å². The lowest BCUT2D eigenvalue weighted by molar-refractivity contribution is 0.0411. The van der Waals surface area contributed by atoms with E-state index < -0.39 is 0 Å². The van der Waals surface area contributed by atoms with Gasteiger partial charge >= 0.3 is 0 Å². The van der Waals surface area contributed by atoms with E-state index in [-0.39, 0.29) is 6.10 Å². The zero-order valence-electron chi connectivity index (χ0n) is 15.6. The third-order valence-electron chi connectivity index (χ3n) is 4.90. The molecule has 3 rings (SSSR count). The van der Waals surface area contributed by atoms with Gasteiger partial charge in [-0.1, -0.05) is 18.2 Å². The summed E-state index contributed by atoms with van der Waals surface area (Å²) >= 11 is 0. The molecule has 0 unspecified atom stereocenters. The van der Waals surface area contributed by atoms with Crippen LogP contribution in [0.5, 0.6) is 0 Å². The molecular formula is C18H28N6O. The molecule has 25 heavy (non-hydrogen) atoms. The van der Waals surface area contributed by atoms with E-state index in [0.717, 1.165) is 44.2 Å². The van der Waals surface area contributed by atoms with Gasteiger partial charge in [0.05, 0.1) is 18.3 Å². The number of piperazine rings is 1. The van der Waals surface area contributed by atoms with Gasteiger partial charge in [0, 0.05) is 32.2 Å². The molecule has 1 N–H and O–H groups in total. The minimum Gasteiger partial charge on any atom is -0.392 e. The summed E-state index contributed by atoms with van der Waals surface area (Å²) in [6.07, 6.45) is -0.287.